The second-order valence-electron chi connectivity index (χ2n) is 5.65. The number of benzene rings is 1. The number of carbonyl (C=O) groups is 2. The van der Waals surface area contributed by atoms with Crippen molar-refractivity contribution in [3.05, 3.63) is 53.7 Å². The Bertz CT molecular complexity index is 768. The SMILES string of the molecule is O=C(NC1(C(=O)O)CCSC1)c1ccc(COc2ccc(F)cc2)o1. The zero-order valence-electron chi connectivity index (χ0n) is 13.2. The number of hydrogen-bond donors (Lipinski definition) is 2. The van der Waals surface area contributed by atoms with Crippen molar-refractivity contribution in [1.82, 2.24) is 5.32 Å². The van der Waals surface area contributed by atoms with Gasteiger partial charge in [-0.1, -0.05) is 0 Å². The lowest BCUT2D eigenvalue weighted by molar-refractivity contribution is -0.143. The van der Waals surface area contributed by atoms with Crippen molar-refractivity contribution >= 4 is 23.6 Å². The van der Waals surface area contributed by atoms with Gasteiger partial charge in [-0.2, -0.15) is 11.8 Å². The smallest absolute Gasteiger partial charge is 0.330 e. The molecule has 25 heavy (non-hydrogen) atoms. The highest BCUT2D eigenvalue weighted by molar-refractivity contribution is 7.99. The van der Waals surface area contributed by atoms with Crippen LogP contribution >= 0.6 is 11.8 Å². The fraction of sp³-hybridized carbons (Fsp3) is 0.294. The van der Waals surface area contributed by atoms with Crippen LogP contribution in [0.2, 0.25) is 0 Å². The molecule has 132 valence electrons. The first kappa shape index (κ1) is 17.3. The molecule has 0 bridgehead atoms. The minimum atomic E-state index is -1.25. The minimum Gasteiger partial charge on any atom is -0.486 e. The Morgan fingerprint density at radius 1 is 1.28 bits per heavy atom. The maximum absolute atomic E-state index is 12.8. The van der Waals surface area contributed by atoms with E-state index in [1.54, 1.807) is 6.07 Å². The Kier molecular flexibility index (Phi) is 4.98. The van der Waals surface area contributed by atoms with Gasteiger partial charge in [-0.15, -0.1) is 0 Å². The van der Waals surface area contributed by atoms with Crippen molar-refractivity contribution < 1.29 is 28.2 Å². The highest BCUT2D eigenvalue weighted by Gasteiger charge is 2.43. The van der Waals surface area contributed by atoms with Gasteiger partial charge in [-0.3, -0.25) is 4.79 Å². The van der Waals surface area contributed by atoms with Crippen LogP contribution in [0.15, 0.2) is 40.8 Å². The van der Waals surface area contributed by atoms with Gasteiger partial charge in [0.05, 0.1) is 0 Å². The Morgan fingerprint density at radius 3 is 2.68 bits per heavy atom. The average molecular weight is 365 g/mol. The van der Waals surface area contributed by atoms with Gasteiger partial charge in [-0.25, -0.2) is 9.18 Å². The number of hydrogen-bond acceptors (Lipinski definition) is 5. The minimum absolute atomic E-state index is 0.0234. The fourth-order valence-electron chi connectivity index (χ4n) is 2.43. The number of nitrogens with one attached hydrogen (secondary N) is 1. The second-order valence-corrected chi connectivity index (χ2v) is 6.76. The topological polar surface area (TPSA) is 88.8 Å². The van der Waals surface area contributed by atoms with Gasteiger partial charge in [0.25, 0.3) is 5.91 Å². The molecule has 2 heterocycles. The zero-order valence-corrected chi connectivity index (χ0v) is 14.0. The molecule has 1 aliphatic heterocycles. The van der Waals surface area contributed by atoms with Crippen LogP contribution in [0.5, 0.6) is 5.75 Å². The molecule has 0 spiro atoms. The van der Waals surface area contributed by atoms with Gasteiger partial charge in [0.15, 0.2) is 5.76 Å². The second kappa shape index (κ2) is 7.18. The van der Waals surface area contributed by atoms with E-state index < -0.39 is 17.4 Å². The van der Waals surface area contributed by atoms with E-state index in [9.17, 15) is 19.1 Å². The highest BCUT2D eigenvalue weighted by Crippen LogP contribution is 2.28. The number of carboxylic acid groups (broad SMARTS) is 1. The maximum Gasteiger partial charge on any atom is 0.330 e. The number of ether oxygens (including phenoxy) is 1. The number of thioether (sulfide) groups is 1. The lowest BCUT2D eigenvalue weighted by Gasteiger charge is -2.23. The van der Waals surface area contributed by atoms with E-state index in [1.807, 2.05) is 0 Å². The number of furan rings is 1. The highest BCUT2D eigenvalue weighted by atomic mass is 32.2. The molecule has 0 radical (unpaired) electrons. The third-order valence-corrected chi connectivity index (χ3v) is 5.05. The number of amides is 1. The third-order valence-electron chi connectivity index (χ3n) is 3.86. The molecule has 1 aromatic carbocycles. The molecule has 6 nitrogen and oxygen atoms in total. The van der Waals surface area contributed by atoms with E-state index in [-0.39, 0.29) is 18.2 Å². The van der Waals surface area contributed by atoms with E-state index in [0.29, 0.717) is 29.4 Å². The predicted octanol–water partition coefficient (Wildman–Crippen LogP) is 2.69. The molecule has 2 N–H and O–H groups in total. The Balaban J connectivity index is 1.61. The lowest BCUT2D eigenvalue weighted by Crippen LogP contribution is -2.54. The molecule has 1 aromatic heterocycles. The first-order chi connectivity index (χ1) is 12.0. The maximum atomic E-state index is 12.8. The van der Waals surface area contributed by atoms with Crippen molar-refractivity contribution in [3.8, 4) is 5.75 Å². The molecule has 3 rings (SSSR count). The summed E-state index contributed by atoms with van der Waals surface area (Å²) in [6, 6.07) is 8.58. The van der Waals surface area contributed by atoms with Crippen molar-refractivity contribution in [2.24, 2.45) is 0 Å². The van der Waals surface area contributed by atoms with Gasteiger partial charge in [0.1, 0.15) is 29.5 Å². The van der Waals surface area contributed by atoms with E-state index in [0.717, 1.165) is 0 Å². The third kappa shape index (κ3) is 3.96. The quantitative estimate of drug-likeness (QED) is 0.818. The largest absolute Gasteiger partial charge is 0.486 e. The molecule has 8 heteroatoms. The standard InChI is InChI=1S/C17H16FNO5S/c18-11-1-3-12(4-2-11)23-9-13-5-6-14(24-13)15(20)19-17(16(21)22)7-8-25-10-17/h1-6H,7-10H2,(H,19,20)(H,21,22). The van der Waals surface area contributed by atoms with Crippen LogP contribution in [-0.4, -0.2) is 34.0 Å². The zero-order chi connectivity index (χ0) is 17.9. The summed E-state index contributed by atoms with van der Waals surface area (Å²) in [6.45, 7) is 0.0683. The molecule has 1 atom stereocenters. The molecule has 0 saturated carbocycles. The van der Waals surface area contributed by atoms with Crippen LogP contribution in [0.3, 0.4) is 0 Å². The number of carbonyl (C=O) groups excluding carboxylic acids is 1. The van der Waals surface area contributed by atoms with Crippen molar-refractivity contribution in [1.29, 1.82) is 0 Å². The van der Waals surface area contributed by atoms with Crippen LogP contribution in [0.25, 0.3) is 0 Å². The van der Waals surface area contributed by atoms with Gasteiger partial charge >= 0.3 is 5.97 Å². The average Bonchev–Trinajstić information content (AvgIpc) is 3.24. The molecule has 1 aliphatic rings. The van der Waals surface area contributed by atoms with Crippen LogP contribution in [0, 0.1) is 5.82 Å². The van der Waals surface area contributed by atoms with Gasteiger partial charge in [0, 0.05) is 5.75 Å². The number of carboxylic acids is 1. The van der Waals surface area contributed by atoms with Crippen LogP contribution in [0.4, 0.5) is 4.39 Å². The summed E-state index contributed by atoms with van der Waals surface area (Å²) in [7, 11) is 0. The summed E-state index contributed by atoms with van der Waals surface area (Å²) in [5, 5.41) is 12.0. The number of aliphatic carboxylic acids is 1. The number of rotatable bonds is 6. The van der Waals surface area contributed by atoms with E-state index in [2.05, 4.69) is 5.32 Å². The summed E-state index contributed by atoms with van der Waals surface area (Å²) in [4.78, 5) is 23.7. The molecule has 1 saturated heterocycles. The summed E-state index contributed by atoms with van der Waals surface area (Å²) in [5.41, 5.74) is -1.25. The van der Waals surface area contributed by atoms with E-state index >= 15 is 0 Å². The first-order valence-electron chi connectivity index (χ1n) is 7.59. The molecule has 0 aliphatic carbocycles. The summed E-state index contributed by atoms with van der Waals surface area (Å²) in [6.07, 6.45) is 0.375. The molecular formula is C17H16FNO5S. The van der Waals surface area contributed by atoms with Crippen LogP contribution < -0.4 is 10.1 Å². The van der Waals surface area contributed by atoms with E-state index in [4.69, 9.17) is 9.15 Å². The summed E-state index contributed by atoms with van der Waals surface area (Å²) >= 11 is 1.49. The molecule has 1 amide bonds. The Labute approximate surface area is 147 Å². The van der Waals surface area contributed by atoms with Crippen molar-refractivity contribution in [2.75, 3.05) is 11.5 Å². The molecule has 2 aromatic rings. The van der Waals surface area contributed by atoms with Crippen molar-refractivity contribution in [3.63, 3.8) is 0 Å². The number of halogens is 1. The summed E-state index contributed by atoms with van der Waals surface area (Å²) < 4.78 is 23.7. The first-order valence-corrected chi connectivity index (χ1v) is 8.75. The monoisotopic (exact) mass is 365 g/mol. The Hall–Kier alpha value is -2.48. The van der Waals surface area contributed by atoms with Gasteiger partial charge in [-0.05, 0) is 48.6 Å². The van der Waals surface area contributed by atoms with Crippen LogP contribution in [-0.2, 0) is 11.4 Å². The van der Waals surface area contributed by atoms with E-state index in [1.165, 1.54) is 42.1 Å². The normalized spacial score (nSPS) is 19.6. The lowest BCUT2D eigenvalue weighted by atomic mass is 9.99. The molecule has 1 fully saturated rings. The predicted molar refractivity (Wildman–Crippen MR) is 89.2 cm³/mol. The molecule has 1 unspecified atom stereocenters. The van der Waals surface area contributed by atoms with Gasteiger partial charge < -0.3 is 19.6 Å². The van der Waals surface area contributed by atoms with Crippen molar-refractivity contribution in [2.45, 2.75) is 18.6 Å². The fourth-order valence-corrected chi connectivity index (χ4v) is 3.75. The Morgan fingerprint density at radius 2 is 2.04 bits per heavy atom. The van der Waals surface area contributed by atoms with Gasteiger partial charge in [0.2, 0.25) is 0 Å². The van der Waals surface area contributed by atoms with Crippen LogP contribution in [0.1, 0.15) is 22.7 Å². The summed E-state index contributed by atoms with van der Waals surface area (Å²) in [5.74, 6) is -0.0694. The molecular weight excluding hydrogens is 349 g/mol.